The first-order chi connectivity index (χ1) is 12.3. The maximum Gasteiger partial charge on any atom is 0.391 e. The summed E-state index contributed by atoms with van der Waals surface area (Å²) in [6.45, 7) is 0.833. The van der Waals surface area contributed by atoms with Crippen molar-refractivity contribution in [1.82, 2.24) is 4.98 Å². The Morgan fingerprint density at radius 1 is 1.15 bits per heavy atom. The van der Waals surface area contributed by atoms with Gasteiger partial charge in [-0.2, -0.15) is 13.2 Å². The first-order valence-corrected chi connectivity index (χ1v) is 8.69. The van der Waals surface area contributed by atoms with Crippen LogP contribution in [0.3, 0.4) is 0 Å². The molecule has 3 nitrogen and oxygen atoms in total. The number of aliphatic hydroxyl groups is 1. The zero-order valence-corrected chi connectivity index (χ0v) is 14.4. The molecule has 0 saturated heterocycles. The van der Waals surface area contributed by atoms with E-state index in [1.54, 1.807) is 31.2 Å². The number of aromatic nitrogens is 1. The van der Waals surface area contributed by atoms with Gasteiger partial charge in [0.05, 0.1) is 29.3 Å². The van der Waals surface area contributed by atoms with Gasteiger partial charge in [0.25, 0.3) is 0 Å². The van der Waals surface area contributed by atoms with Crippen LogP contribution in [0.4, 0.5) is 17.6 Å². The molecule has 1 unspecified atom stereocenters. The van der Waals surface area contributed by atoms with Crippen LogP contribution in [-0.4, -0.2) is 22.4 Å². The molecule has 0 bridgehead atoms. The van der Waals surface area contributed by atoms with Crippen LogP contribution in [0.5, 0.6) is 5.75 Å². The summed E-state index contributed by atoms with van der Waals surface area (Å²) in [5.74, 6) is -0.926. The van der Waals surface area contributed by atoms with Crippen LogP contribution in [0.1, 0.15) is 50.0 Å². The summed E-state index contributed by atoms with van der Waals surface area (Å²) in [6, 6.07) is 6.60. The van der Waals surface area contributed by atoms with Gasteiger partial charge >= 0.3 is 6.18 Å². The third-order valence-corrected chi connectivity index (χ3v) is 4.95. The number of aliphatic hydroxyl groups excluding tert-OH is 1. The van der Waals surface area contributed by atoms with Crippen molar-refractivity contribution in [1.29, 1.82) is 0 Å². The SMILES string of the molecule is CC(O)c1ccc2c(CF)c(O[C@H]3CC[C@@H](C(F)(F)F)CC3)ccc2n1. The molecule has 1 N–H and O–H groups in total. The largest absolute Gasteiger partial charge is 0.490 e. The highest BCUT2D eigenvalue weighted by Crippen LogP contribution is 2.39. The Balaban J connectivity index is 1.79. The molecule has 1 heterocycles. The van der Waals surface area contributed by atoms with Gasteiger partial charge in [0.1, 0.15) is 12.4 Å². The standard InChI is InChI=1S/C19H21F4NO2/c1-11(25)16-7-6-14-15(10-20)18(9-8-17(14)24-16)26-13-4-2-12(3-5-13)19(21,22)23/h6-9,11-13,25H,2-5,10H2,1H3/t11?,12-,13+. The van der Waals surface area contributed by atoms with Crippen molar-refractivity contribution in [2.45, 2.75) is 57.7 Å². The van der Waals surface area contributed by atoms with E-state index >= 15 is 0 Å². The molecular formula is C19H21F4NO2. The van der Waals surface area contributed by atoms with Gasteiger partial charge in [-0.25, -0.2) is 4.39 Å². The fourth-order valence-corrected chi connectivity index (χ4v) is 3.43. The summed E-state index contributed by atoms with van der Waals surface area (Å²) < 4.78 is 57.8. The fourth-order valence-electron chi connectivity index (χ4n) is 3.43. The van der Waals surface area contributed by atoms with Crippen LogP contribution >= 0.6 is 0 Å². The normalized spacial score (nSPS) is 22.4. The molecule has 1 fully saturated rings. The van der Waals surface area contributed by atoms with Crippen LogP contribution < -0.4 is 4.74 Å². The highest BCUT2D eigenvalue weighted by molar-refractivity contribution is 5.84. The second kappa shape index (κ2) is 7.39. The molecule has 0 aliphatic heterocycles. The number of fused-ring (bicyclic) bond motifs is 1. The molecule has 2 aromatic rings. The molecule has 0 spiro atoms. The van der Waals surface area contributed by atoms with Crippen LogP contribution in [-0.2, 0) is 6.67 Å². The quantitative estimate of drug-likeness (QED) is 0.746. The van der Waals surface area contributed by atoms with E-state index in [2.05, 4.69) is 4.98 Å². The van der Waals surface area contributed by atoms with Gasteiger partial charge in [-0.05, 0) is 50.8 Å². The van der Waals surface area contributed by atoms with Crippen LogP contribution in [0, 0.1) is 5.92 Å². The van der Waals surface area contributed by atoms with E-state index in [4.69, 9.17) is 4.74 Å². The monoisotopic (exact) mass is 371 g/mol. The smallest absolute Gasteiger partial charge is 0.391 e. The Kier molecular flexibility index (Phi) is 5.37. The number of halogens is 4. The topological polar surface area (TPSA) is 42.4 Å². The molecule has 1 aromatic heterocycles. The van der Waals surface area contributed by atoms with Crippen molar-refractivity contribution < 1.29 is 27.4 Å². The van der Waals surface area contributed by atoms with Crippen molar-refractivity contribution in [3.63, 3.8) is 0 Å². The van der Waals surface area contributed by atoms with Crippen molar-refractivity contribution in [2.75, 3.05) is 0 Å². The molecule has 0 amide bonds. The molecule has 1 aliphatic rings. The number of hydrogen-bond acceptors (Lipinski definition) is 3. The third-order valence-electron chi connectivity index (χ3n) is 4.95. The maximum atomic E-state index is 13.6. The maximum absolute atomic E-state index is 13.6. The summed E-state index contributed by atoms with van der Waals surface area (Å²) in [5.41, 5.74) is 1.37. The van der Waals surface area contributed by atoms with Crippen LogP contribution in [0.2, 0.25) is 0 Å². The lowest BCUT2D eigenvalue weighted by atomic mass is 9.87. The molecule has 1 saturated carbocycles. The number of benzene rings is 1. The van der Waals surface area contributed by atoms with Crippen LogP contribution in [0.25, 0.3) is 10.9 Å². The van der Waals surface area contributed by atoms with Gasteiger partial charge in [-0.1, -0.05) is 6.07 Å². The Morgan fingerprint density at radius 2 is 1.85 bits per heavy atom. The van der Waals surface area contributed by atoms with E-state index in [0.717, 1.165) is 0 Å². The fraction of sp³-hybridized carbons (Fsp3) is 0.526. The predicted octanol–water partition coefficient (Wildman–Crippen LogP) is 5.26. The third kappa shape index (κ3) is 3.92. The van der Waals surface area contributed by atoms with E-state index in [1.165, 1.54) is 0 Å². The molecule has 1 aromatic carbocycles. The minimum absolute atomic E-state index is 0.0337. The van der Waals surface area contributed by atoms with Crippen molar-refractivity contribution >= 4 is 10.9 Å². The molecule has 142 valence electrons. The van der Waals surface area contributed by atoms with Crippen LogP contribution in [0.15, 0.2) is 24.3 Å². The number of rotatable bonds is 4. The Morgan fingerprint density at radius 3 is 2.42 bits per heavy atom. The molecular weight excluding hydrogens is 350 g/mol. The predicted molar refractivity (Wildman–Crippen MR) is 89.6 cm³/mol. The molecule has 7 heteroatoms. The first-order valence-electron chi connectivity index (χ1n) is 8.69. The summed E-state index contributed by atoms with van der Waals surface area (Å²) >= 11 is 0. The lowest BCUT2D eigenvalue weighted by molar-refractivity contribution is -0.185. The number of pyridine rings is 1. The molecule has 26 heavy (non-hydrogen) atoms. The van der Waals surface area contributed by atoms with Gasteiger partial charge in [-0.15, -0.1) is 0 Å². The van der Waals surface area contributed by atoms with E-state index in [9.17, 15) is 22.7 Å². The molecule has 3 rings (SSSR count). The first kappa shape index (κ1) is 18.9. The van der Waals surface area contributed by atoms with E-state index < -0.39 is 24.9 Å². The lowest BCUT2D eigenvalue weighted by Crippen LogP contribution is -2.32. The van der Waals surface area contributed by atoms with E-state index in [0.29, 0.717) is 40.8 Å². The van der Waals surface area contributed by atoms with E-state index in [1.807, 2.05) is 0 Å². The second-order valence-electron chi connectivity index (χ2n) is 6.79. The Bertz CT molecular complexity index is 768. The number of nitrogens with zero attached hydrogens (tertiary/aromatic N) is 1. The number of alkyl halides is 4. The van der Waals surface area contributed by atoms with Crippen molar-refractivity contribution in [3.8, 4) is 5.75 Å². The number of ether oxygens (including phenoxy) is 1. The van der Waals surface area contributed by atoms with Crippen molar-refractivity contribution in [2.24, 2.45) is 5.92 Å². The minimum atomic E-state index is -4.16. The zero-order valence-electron chi connectivity index (χ0n) is 14.4. The highest BCUT2D eigenvalue weighted by atomic mass is 19.4. The van der Waals surface area contributed by atoms with E-state index in [-0.39, 0.29) is 18.9 Å². The average molecular weight is 371 g/mol. The highest BCUT2D eigenvalue weighted by Gasteiger charge is 2.41. The zero-order chi connectivity index (χ0) is 18.9. The van der Waals surface area contributed by atoms with Gasteiger partial charge in [0, 0.05) is 10.9 Å². The molecule has 1 atom stereocenters. The number of hydrogen-bond donors (Lipinski definition) is 1. The average Bonchev–Trinajstić information content (AvgIpc) is 2.60. The van der Waals surface area contributed by atoms with Gasteiger partial charge in [-0.3, -0.25) is 4.98 Å². The Hall–Kier alpha value is -1.89. The minimum Gasteiger partial charge on any atom is -0.490 e. The summed E-state index contributed by atoms with van der Waals surface area (Å²) in [5, 5.41) is 10.2. The lowest BCUT2D eigenvalue weighted by Gasteiger charge is -2.30. The van der Waals surface area contributed by atoms with Gasteiger partial charge in [0.2, 0.25) is 0 Å². The summed E-state index contributed by atoms with van der Waals surface area (Å²) in [4.78, 5) is 4.31. The summed E-state index contributed by atoms with van der Waals surface area (Å²) in [6.07, 6.45) is -4.57. The van der Waals surface area contributed by atoms with Crippen molar-refractivity contribution in [3.05, 3.63) is 35.5 Å². The summed E-state index contributed by atoms with van der Waals surface area (Å²) in [7, 11) is 0. The molecule has 0 radical (unpaired) electrons. The Labute approximate surface area is 149 Å². The second-order valence-corrected chi connectivity index (χ2v) is 6.79. The van der Waals surface area contributed by atoms with Gasteiger partial charge < -0.3 is 9.84 Å². The molecule has 1 aliphatic carbocycles. The van der Waals surface area contributed by atoms with Gasteiger partial charge in [0.15, 0.2) is 0 Å².